The van der Waals surface area contributed by atoms with Gasteiger partial charge in [-0.15, -0.1) is 11.3 Å². The summed E-state index contributed by atoms with van der Waals surface area (Å²) in [6.45, 7) is 5.38. The molecule has 1 aromatic heterocycles. The van der Waals surface area contributed by atoms with E-state index in [0.29, 0.717) is 18.7 Å². The molecule has 2 rings (SSSR count). The quantitative estimate of drug-likeness (QED) is 0.757. The molecular formula is C17H22N2O2S. The van der Waals surface area contributed by atoms with E-state index in [1.165, 1.54) is 0 Å². The number of rotatable bonds is 8. The van der Waals surface area contributed by atoms with Crippen LogP contribution in [0.15, 0.2) is 29.6 Å². The number of unbranched alkanes of at least 4 members (excludes halogenated alkanes) is 1. The van der Waals surface area contributed by atoms with Crippen molar-refractivity contribution in [2.75, 3.05) is 13.2 Å². The zero-order valence-corrected chi connectivity index (χ0v) is 13.9. The monoisotopic (exact) mass is 318 g/mol. The SMILES string of the molecule is CCCCOc1cccc(C(=O)NCCc2csc(C)n2)c1. The molecule has 0 aliphatic heterocycles. The molecule has 1 heterocycles. The van der Waals surface area contributed by atoms with Crippen molar-refractivity contribution >= 4 is 17.2 Å². The summed E-state index contributed by atoms with van der Waals surface area (Å²) in [6, 6.07) is 7.32. The Morgan fingerprint density at radius 1 is 1.41 bits per heavy atom. The van der Waals surface area contributed by atoms with Crippen molar-refractivity contribution in [3.05, 3.63) is 45.9 Å². The minimum atomic E-state index is -0.0760. The maximum absolute atomic E-state index is 12.1. The Morgan fingerprint density at radius 3 is 3.00 bits per heavy atom. The number of nitrogens with zero attached hydrogens (tertiary/aromatic N) is 1. The van der Waals surface area contributed by atoms with Crippen LogP contribution in [0.2, 0.25) is 0 Å². The van der Waals surface area contributed by atoms with Gasteiger partial charge in [-0.3, -0.25) is 4.79 Å². The Bertz CT molecular complexity index is 610. The molecule has 0 fully saturated rings. The normalized spacial score (nSPS) is 10.5. The molecule has 0 aliphatic rings. The number of carbonyl (C=O) groups is 1. The third kappa shape index (κ3) is 5.15. The van der Waals surface area contributed by atoms with Crippen molar-refractivity contribution in [2.45, 2.75) is 33.1 Å². The largest absolute Gasteiger partial charge is 0.494 e. The smallest absolute Gasteiger partial charge is 0.251 e. The summed E-state index contributed by atoms with van der Waals surface area (Å²) < 4.78 is 5.63. The second-order valence-electron chi connectivity index (χ2n) is 5.09. The van der Waals surface area contributed by atoms with Crippen molar-refractivity contribution in [3.63, 3.8) is 0 Å². The van der Waals surface area contributed by atoms with Crippen molar-refractivity contribution in [1.29, 1.82) is 0 Å². The highest BCUT2D eigenvalue weighted by Crippen LogP contribution is 2.14. The number of ether oxygens (including phenoxy) is 1. The van der Waals surface area contributed by atoms with Gasteiger partial charge >= 0.3 is 0 Å². The average Bonchev–Trinajstić information content (AvgIpc) is 2.93. The molecule has 5 heteroatoms. The number of amides is 1. The topological polar surface area (TPSA) is 51.2 Å². The maximum Gasteiger partial charge on any atom is 0.251 e. The predicted molar refractivity (Wildman–Crippen MR) is 89.7 cm³/mol. The van der Waals surface area contributed by atoms with E-state index in [0.717, 1.165) is 35.7 Å². The van der Waals surface area contributed by atoms with E-state index >= 15 is 0 Å². The van der Waals surface area contributed by atoms with Gasteiger partial charge in [-0.2, -0.15) is 0 Å². The van der Waals surface area contributed by atoms with Gasteiger partial charge in [-0.1, -0.05) is 19.4 Å². The standard InChI is InChI=1S/C17H22N2O2S/c1-3-4-10-21-16-7-5-6-14(11-16)17(20)18-9-8-15-12-22-13(2)19-15/h5-7,11-12H,3-4,8-10H2,1-2H3,(H,18,20). The maximum atomic E-state index is 12.1. The zero-order chi connectivity index (χ0) is 15.8. The molecule has 0 aliphatic carbocycles. The Kier molecular flexibility index (Phi) is 6.40. The third-order valence-corrected chi connectivity index (χ3v) is 4.02. The lowest BCUT2D eigenvalue weighted by Gasteiger charge is -2.08. The van der Waals surface area contributed by atoms with Gasteiger partial charge in [0.25, 0.3) is 5.91 Å². The molecule has 1 N–H and O–H groups in total. The molecule has 1 amide bonds. The summed E-state index contributed by atoms with van der Waals surface area (Å²) in [5, 5.41) is 6.01. The first-order valence-corrected chi connectivity index (χ1v) is 8.49. The van der Waals surface area contributed by atoms with E-state index in [1.54, 1.807) is 23.5 Å². The average molecular weight is 318 g/mol. The lowest BCUT2D eigenvalue weighted by atomic mass is 10.2. The van der Waals surface area contributed by atoms with Gasteiger partial charge in [0.15, 0.2) is 0 Å². The molecule has 0 unspecified atom stereocenters. The summed E-state index contributed by atoms with van der Waals surface area (Å²) in [6.07, 6.45) is 2.86. The van der Waals surface area contributed by atoms with Gasteiger partial charge in [-0.25, -0.2) is 4.98 Å². The Balaban J connectivity index is 1.82. The number of aryl methyl sites for hydroxylation is 1. The molecule has 0 saturated heterocycles. The van der Waals surface area contributed by atoms with Gasteiger partial charge in [0.1, 0.15) is 5.75 Å². The van der Waals surface area contributed by atoms with Crippen molar-refractivity contribution in [2.24, 2.45) is 0 Å². The number of hydrogen-bond acceptors (Lipinski definition) is 4. The number of carbonyl (C=O) groups excluding carboxylic acids is 1. The molecule has 118 valence electrons. The van der Waals surface area contributed by atoms with Crippen molar-refractivity contribution in [1.82, 2.24) is 10.3 Å². The van der Waals surface area contributed by atoms with Crippen LogP contribution in [0, 0.1) is 6.92 Å². The highest BCUT2D eigenvalue weighted by atomic mass is 32.1. The van der Waals surface area contributed by atoms with Crippen LogP contribution < -0.4 is 10.1 Å². The fourth-order valence-corrected chi connectivity index (χ4v) is 2.64. The molecular weight excluding hydrogens is 296 g/mol. The molecule has 0 radical (unpaired) electrons. The number of thiazole rings is 1. The molecule has 0 spiro atoms. The van der Waals surface area contributed by atoms with Gasteiger partial charge in [0.2, 0.25) is 0 Å². The van der Waals surface area contributed by atoms with Gasteiger partial charge in [0, 0.05) is 23.9 Å². The van der Waals surface area contributed by atoms with Crippen LogP contribution in [0.25, 0.3) is 0 Å². The van der Waals surface area contributed by atoms with Crippen LogP contribution in [0.1, 0.15) is 40.8 Å². The third-order valence-electron chi connectivity index (χ3n) is 3.20. The number of aromatic nitrogens is 1. The second kappa shape index (κ2) is 8.54. The predicted octanol–water partition coefficient (Wildman–Crippen LogP) is 3.60. The minimum absolute atomic E-state index is 0.0760. The number of benzene rings is 1. The fraction of sp³-hybridized carbons (Fsp3) is 0.412. The Hall–Kier alpha value is -1.88. The van der Waals surface area contributed by atoms with Crippen LogP contribution in [0.4, 0.5) is 0 Å². The second-order valence-corrected chi connectivity index (χ2v) is 6.16. The number of hydrogen-bond donors (Lipinski definition) is 1. The van der Waals surface area contributed by atoms with Crippen LogP contribution in [0.3, 0.4) is 0 Å². The zero-order valence-electron chi connectivity index (χ0n) is 13.1. The van der Waals surface area contributed by atoms with Gasteiger partial charge in [-0.05, 0) is 31.5 Å². The van der Waals surface area contributed by atoms with Gasteiger partial charge < -0.3 is 10.1 Å². The summed E-state index contributed by atoms with van der Waals surface area (Å²) in [4.78, 5) is 16.5. The summed E-state index contributed by atoms with van der Waals surface area (Å²) in [5.41, 5.74) is 1.66. The van der Waals surface area contributed by atoms with E-state index in [1.807, 2.05) is 24.4 Å². The van der Waals surface area contributed by atoms with Crippen LogP contribution in [0.5, 0.6) is 5.75 Å². The molecule has 22 heavy (non-hydrogen) atoms. The van der Waals surface area contributed by atoms with E-state index in [4.69, 9.17) is 4.74 Å². The molecule has 2 aromatic rings. The fourth-order valence-electron chi connectivity index (χ4n) is 1.99. The van der Waals surface area contributed by atoms with Crippen molar-refractivity contribution < 1.29 is 9.53 Å². The van der Waals surface area contributed by atoms with Crippen LogP contribution in [-0.4, -0.2) is 24.0 Å². The first-order chi connectivity index (χ1) is 10.7. The van der Waals surface area contributed by atoms with Gasteiger partial charge in [0.05, 0.1) is 17.3 Å². The highest BCUT2D eigenvalue weighted by Gasteiger charge is 2.07. The Morgan fingerprint density at radius 2 is 2.27 bits per heavy atom. The highest BCUT2D eigenvalue weighted by molar-refractivity contribution is 7.09. The first-order valence-electron chi connectivity index (χ1n) is 7.61. The molecule has 0 saturated carbocycles. The number of nitrogens with one attached hydrogen (secondary N) is 1. The molecule has 0 atom stereocenters. The van der Waals surface area contributed by atoms with Crippen molar-refractivity contribution in [3.8, 4) is 5.75 Å². The minimum Gasteiger partial charge on any atom is -0.494 e. The molecule has 1 aromatic carbocycles. The Labute approximate surface area is 135 Å². The lowest BCUT2D eigenvalue weighted by molar-refractivity contribution is 0.0953. The van der Waals surface area contributed by atoms with E-state index in [9.17, 15) is 4.79 Å². The lowest BCUT2D eigenvalue weighted by Crippen LogP contribution is -2.25. The van der Waals surface area contributed by atoms with E-state index in [2.05, 4.69) is 17.2 Å². The molecule has 0 bridgehead atoms. The van der Waals surface area contributed by atoms with Crippen LogP contribution >= 0.6 is 11.3 Å². The molecule has 4 nitrogen and oxygen atoms in total. The summed E-state index contributed by atoms with van der Waals surface area (Å²) in [7, 11) is 0. The van der Waals surface area contributed by atoms with Crippen LogP contribution in [-0.2, 0) is 6.42 Å². The summed E-state index contributed by atoms with van der Waals surface area (Å²) in [5.74, 6) is 0.670. The van der Waals surface area contributed by atoms with E-state index in [-0.39, 0.29) is 5.91 Å². The van der Waals surface area contributed by atoms with E-state index < -0.39 is 0 Å². The summed E-state index contributed by atoms with van der Waals surface area (Å²) >= 11 is 1.63. The first kappa shape index (κ1) is 16.5.